The fourth-order valence-electron chi connectivity index (χ4n) is 2.74. The van der Waals surface area contributed by atoms with Crippen LogP contribution in [0.4, 0.5) is 0 Å². The van der Waals surface area contributed by atoms with Crippen LogP contribution in [0.5, 0.6) is 0 Å². The summed E-state index contributed by atoms with van der Waals surface area (Å²) in [5.41, 5.74) is 0.436. The minimum atomic E-state index is -0.816. The monoisotopic (exact) mass is 395 g/mol. The average molecular weight is 396 g/mol. The minimum absolute atomic E-state index is 0.105. The third kappa shape index (κ3) is 5.29. The van der Waals surface area contributed by atoms with Crippen molar-refractivity contribution in [1.29, 1.82) is 0 Å². The molecule has 146 valence electrons. The van der Waals surface area contributed by atoms with Crippen LogP contribution in [0.3, 0.4) is 0 Å². The fraction of sp³-hybridized carbons (Fsp3) is 0.389. The first-order valence-corrected chi connectivity index (χ1v) is 8.98. The number of nitrogens with two attached hydrogens (primary N) is 1. The third-order valence-electron chi connectivity index (χ3n) is 4.18. The van der Waals surface area contributed by atoms with Gasteiger partial charge in [-0.2, -0.15) is 0 Å². The number of hydrazine groups is 1. The third-order valence-corrected chi connectivity index (χ3v) is 4.41. The Balaban J connectivity index is 2.16. The maximum absolute atomic E-state index is 12.6. The predicted molar refractivity (Wildman–Crippen MR) is 98.8 cm³/mol. The van der Waals surface area contributed by atoms with Gasteiger partial charge in [0.15, 0.2) is 5.76 Å². The van der Waals surface area contributed by atoms with Gasteiger partial charge < -0.3 is 4.42 Å². The van der Waals surface area contributed by atoms with Crippen molar-refractivity contribution in [2.45, 2.75) is 32.6 Å². The molecular formula is C18H22ClN3O5. The quantitative estimate of drug-likeness (QED) is 0.168. The average Bonchev–Trinajstić information content (AvgIpc) is 3.08. The molecule has 0 spiro atoms. The second-order valence-electron chi connectivity index (χ2n) is 6.23. The van der Waals surface area contributed by atoms with Crippen LogP contribution < -0.4 is 5.84 Å². The highest BCUT2D eigenvalue weighted by atomic mass is 35.5. The van der Waals surface area contributed by atoms with Crippen molar-refractivity contribution in [3.8, 4) is 0 Å². The zero-order valence-electron chi connectivity index (χ0n) is 14.9. The van der Waals surface area contributed by atoms with E-state index in [-0.39, 0.29) is 18.7 Å². The van der Waals surface area contributed by atoms with E-state index in [1.54, 1.807) is 18.2 Å². The summed E-state index contributed by atoms with van der Waals surface area (Å²) in [6, 6.07) is 6.30. The smallest absolute Gasteiger partial charge is 0.310 e. The van der Waals surface area contributed by atoms with Gasteiger partial charge in [0.1, 0.15) is 5.58 Å². The molecule has 27 heavy (non-hydrogen) atoms. The molecule has 3 N–H and O–H groups in total. The molecule has 0 aliphatic carbocycles. The van der Waals surface area contributed by atoms with E-state index < -0.39 is 17.7 Å². The standard InChI is InChI=1S/C18H22ClN3O5/c1-2-3-4-5-12(10-21(26)11-23)17(24)22(20)18(25)16-9-13-8-14(19)6-7-15(13)27-16/h6-9,11-12,26H,2-5,10,20H2,1H3/t12-/m1/s1. The van der Waals surface area contributed by atoms with Crippen LogP contribution >= 0.6 is 11.6 Å². The summed E-state index contributed by atoms with van der Waals surface area (Å²) >= 11 is 5.91. The second kappa shape index (κ2) is 9.50. The molecule has 1 heterocycles. The van der Waals surface area contributed by atoms with Gasteiger partial charge in [0, 0.05) is 10.4 Å². The summed E-state index contributed by atoms with van der Waals surface area (Å²) in [4.78, 5) is 35.8. The summed E-state index contributed by atoms with van der Waals surface area (Å²) in [6.07, 6.45) is 3.09. The normalized spacial score (nSPS) is 12.0. The SMILES string of the molecule is CCCCC[C@H](CN(O)C=O)C(=O)N(N)C(=O)c1cc2cc(Cl)ccc2o1. The van der Waals surface area contributed by atoms with Crippen LogP contribution in [0.1, 0.15) is 43.2 Å². The topological polar surface area (TPSA) is 117 Å². The lowest BCUT2D eigenvalue weighted by molar-refractivity contribution is -0.156. The lowest BCUT2D eigenvalue weighted by atomic mass is 10.00. The number of hydrogen-bond acceptors (Lipinski definition) is 6. The van der Waals surface area contributed by atoms with E-state index in [0.717, 1.165) is 12.8 Å². The van der Waals surface area contributed by atoms with E-state index in [9.17, 15) is 19.6 Å². The fourth-order valence-corrected chi connectivity index (χ4v) is 2.92. The van der Waals surface area contributed by atoms with Crippen molar-refractivity contribution in [2.24, 2.45) is 11.8 Å². The van der Waals surface area contributed by atoms with Gasteiger partial charge >= 0.3 is 5.91 Å². The Kier molecular flexibility index (Phi) is 7.35. The lowest BCUT2D eigenvalue weighted by Gasteiger charge is -2.23. The number of unbranched alkanes of at least 4 members (excludes halogenated alkanes) is 2. The minimum Gasteiger partial charge on any atom is -0.451 e. The number of carbonyl (C=O) groups excluding carboxylic acids is 3. The van der Waals surface area contributed by atoms with E-state index in [4.69, 9.17) is 21.9 Å². The largest absolute Gasteiger partial charge is 0.451 e. The maximum Gasteiger partial charge on any atom is 0.310 e. The molecule has 0 bridgehead atoms. The van der Waals surface area contributed by atoms with Gasteiger partial charge in [0.2, 0.25) is 12.3 Å². The molecule has 3 amide bonds. The Labute approximate surface area is 161 Å². The van der Waals surface area contributed by atoms with Crippen molar-refractivity contribution in [1.82, 2.24) is 10.1 Å². The van der Waals surface area contributed by atoms with Crippen LogP contribution in [0, 0.1) is 5.92 Å². The Morgan fingerprint density at radius 1 is 1.33 bits per heavy atom. The number of imide groups is 1. The van der Waals surface area contributed by atoms with Crippen LogP contribution in [0.25, 0.3) is 11.0 Å². The number of benzene rings is 1. The van der Waals surface area contributed by atoms with Gasteiger partial charge in [-0.1, -0.05) is 37.8 Å². The molecule has 8 nitrogen and oxygen atoms in total. The first-order valence-electron chi connectivity index (χ1n) is 8.60. The number of hydroxylamine groups is 2. The number of rotatable bonds is 9. The predicted octanol–water partition coefficient (Wildman–Crippen LogP) is 2.97. The van der Waals surface area contributed by atoms with Gasteiger partial charge in [0.25, 0.3) is 0 Å². The molecule has 0 saturated heterocycles. The number of amides is 3. The molecule has 2 rings (SSSR count). The number of hydrogen-bond donors (Lipinski definition) is 2. The summed E-state index contributed by atoms with van der Waals surface area (Å²) in [5, 5.41) is 11.4. The molecule has 2 aromatic rings. The van der Waals surface area contributed by atoms with Crippen molar-refractivity contribution in [3.63, 3.8) is 0 Å². The highest BCUT2D eigenvalue weighted by Gasteiger charge is 2.30. The number of fused-ring (bicyclic) bond motifs is 1. The van der Waals surface area contributed by atoms with E-state index in [2.05, 4.69) is 0 Å². The molecule has 0 aliphatic heterocycles. The Morgan fingerprint density at radius 2 is 2.07 bits per heavy atom. The molecule has 1 atom stereocenters. The highest BCUT2D eigenvalue weighted by molar-refractivity contribution is 6.31. The number of carbonyl (C=O) groups is 3. The van der Waals surface area contributed by atoms with Crippen LogP contribution in [-0.2, 0) is 9.59 Å². The molecular weight excluding hydrogens is 374 g/mol. The molecule has 9 heteroatoms. The number of halogens is 1. The van der Waals surface area contributed by atoms with Crippen LogP contribution in [-0.4, -0.2) is 40.0 Å². The molecule has 0 unspecified atom stereocenters. The van der Waals surface area contributed by atoms with Crippen molar-refractivity contribution in [2.75, 3.05) is 6.54 Å². The summed E-state index contributed by atoms with van der Waals surface area (Å²) < 4.78 is 5.44. The lowest BCUT2D eigenvalue weighted by Crippen LogP contribution is -2.48. The Hall–Kier alpha value is -2.42. The van der Waals surface area contributed by atoms with Gasteiger partial charge in [0.05, 0.1) is 12.5 Å². The van der Waals surface area contributed by atoms with Crippen molar-refractivity contribution >= 4 is 40.8 Å². The molecule has 0 fully saturated rings. The number of nitrogens with zero attached hydrogens (tertiary/aromatic N) is 2. The van der Waals surface area contributed by atoms with Crippen LogP contribution in [0.2, 0.25) is 5.02 Å². The zero-order chi connectivity index (χ0) is 20.0. The molecule has 0 aliphatic rings. The van der Waals surface area contributed by atoms with Gasteiger partial charge in [-0.05, 0) is 30.7 Å². The van der Waals surface area contributed by atoms with Crippen molar-refractivity contribution < 1.29 is 24.0 Å². The molecule has 1 aromatic carbocycles. The van der Waals surface area contributed by atoms with Crippen molar-refractivity contribution in [3.05, 3.63) is 35.0 Å². The second-order valence-corrected chi connectivity index (χ2v) is 6.66. The zero-order valence-corrected chi connectivity index (χ0v) is 15.7. The van der Waals surface area contributed by atoms with E-state index in [1.165, 1.54) is 6.07 Å². The van der Waals surface area contributed by atoms with E-state index in [1.807, 2.05) is 6.92 Å². The maximum atomic E-state index is 12.6. The number of furan rings is 1. The van der Waals surface area contributed by atoms with E-state index in [0.29, 0.717) is 38.9 Å². The van der Waals surface area contributed by atoms with Gasteiger partial charge in [-0.15, -0.1) is 0 Å². The Bertz CT molecular complexity index is 822. The molecule has 1 aromatic heterocycles. The summed E-state index contributed by atoms with van der Waals surface area (Å²) in [7, 11) is 0. The Morgan fingerprint density at radius 3 is 2.74 bits per heavy atom. The molecule has 0 saturated carbocycles. The summed E-state index contributed by atoms with van der Waals surface area (Å²) in [6.45, 7) is 1.76. The van der Waals surface area contributed by atoms with Gasteiger partial charge in [-0.25, -0.2) is 15.9 Å². The van der Waals surface area contributed by atoms with E-state index >= 15 is 0 Å². The highest BCUT2D eigenvalue weighted by Crippen LogP contribution is 2.24. The summed E-state index contributed by atoms with van der Waals surface area (Å²) in [5.74, 6) is 3.30. The first kappa shape index (κ1) is 20.9. The van der Waals surface area contributed by atoms with Gasteiger partial charge in [-0.3, -0.25) is 19.6 Å². The molecule has 0 radical (unpaired) electrons. The first-order chi connectivity index (χ1) is 12.9. The van der Waals surface area contributed by atoms with Crippen LogP contribution in [0.15, 0.2) is 28.7 Å².